The molecule has 0 atom stereocenters. The Kier molecular flexibility index (Phi) is 4.13. The Bertz CT molecular complexity index is 761. The van der Waals surface area contributed by atoms with Gasteiger partial charge < -0.3 is 0 Å². The molecule has 0 amide bonds. The lowest BCUT2D eigenvalue weighted by atomic mass is 10.0. The smallest absolute Gasteiger partial charge is 0.128 e. The van der Waals surface area contributed by atoms with Crippen molar-refractivity contribution in [2.45, 2.75) is 42.4 Å². The molecule has 0 saturated heterocycles. The minimum atomic E-state index is 0.729. The lowest BCUT2D eigenvalue weighted by Gasteiger charge is -2.20. The van der Waals surface area contributed by atoms with E-state index in [4.69, 9.17) is 0 Å². The summed E-state index contributed by atoms with van der Waals surface area (Å²) in [4.78, 5) is 11.4. The minimum absolute atomic E-state index is 0.729. The van der Waals surface area contributed by atoms with Gasteiger partial charge in [-0.1, -0.05) is 49.6 Å². The second-order valence-electron chi connectivity index (χ2n) is 5.75. The van der Waals surface area contributed by atoms with Gasteiger partial charge in [0.1, 0.15) is 16.2 Å². The molecule has 0 radical (unpaired) electrons. The SMILES string of the molecule is c1ccc(-c2cc3c(SC4CCCCC4)ncnc3s2)cc1. The molecular weight excluding hydrogens is 308 g/mol. The van der Waals surface area contributed by atoms with Crippen molar-refractivity contribution in [2.24, 2.45) is 0 Å². The molecule has 2 nitrogen and oxygen atoms in total. The summed E-state index contributed by atoms with van der Waals surface area (Å²) in [7, 11) is 0. The highest BCUT2D eigenvalue weighted by molar-refractivity contribution is 8.00. The van der Waals surface area contributed by atoms with E-state index < -0.39 is 0 Å². The molecule has 1 saturated carbocycles. The number of hydrogen-bond acceptors (Lipinski definition) is 4. The molecule has 0 N–H and O–H groups in total. The summed E-state index contributed by atoms with van der Waals surface area (Å²) in [6.07, 6.45) is 8.50. The second kappa shape index (κ2) is 6.39. The highest BCUT2D eigenvalue weighted by atomic mass is 32.2. The van der Waals surface area contributed by atoms with Crippen molar-refractivity contribution in [3.63, 3.8) is 0 Å². The van der Waals surface area contributed by atoms with Crippen molar-refractivity contribution >= 4 is 33.3 Å². The number of aromatic nitrogens is 2. The molecule has 0 unspecified atom stereocenters. The molecule has 4 heteroatoms. The average molecular weight is 326 g/mol. The van der Waals surface area contributed by atoms with Gasteiger partial charge in [-0.25, -0.2) is 9.97 Å². The Labute approximate surface area is 139 Å². The first-order chi connectivity index (χ1) is 10.9. The molecule has 0 spiro atoms. The Morgan fingerprint density at radius 1 is 1.00 bits per heavy atom. The van der Waals surface area contributed by atoms with Crippen LogP contribution < -0.4 is 0 Å². The quantitative estimate of drug-likeness (QED) is 0.570. The number of thioether (sulfide) groups is 1. The van der Waals surface area contributed by atoms with Crippen LogP contribution in [0.4, 0.5) is 0 Å². The number of benzene rings is 1. The van der Waals surface area contributed by atoms with Crippen LogP contribution in [-0.2, 0) is 0 Å². The summed E-state index contributed by atoms with van der Waals surface area (Å²) >= 11 is 3.72. The molecule has 4 rings (SSSR count). The third kappa shape index (κ3) is 2.90. The molecule has 0 bridgehead atoms. The summed E-state index contributed by atoms with van der Waals surface area (Å²) in [5.41, 5.74) is 1.26. The first-order valence-electron chi connectivity index (χ1n) is 7.87. The third-order valence-electron chi connectivity index (χ3n) is 4.18. The van der Waals surface area contributed by atoms with Gasteiger partial charge in [0.05, 0.1) is 0 Å². The normalized spacial score (nSPS) is 16.2. The van der Waals surface area contributed by atoms with Crippen LogP contribution in [0.2, 0.25) is 0 Å². The summed E-state index contributed by atoms with van der Waals surface area (Å²) < 4.78 is 0. The van der Waals surface area contributed by atoms with E-state index in [-0.39, 0.29) is 0 Å². The molecule has 2 heterocycles. The zero-order chi connectivity index (χ0) is 14.8. The highest BCUT2D eigenvalue weighted by Crippen LogP contribution is 2.39. The van der Waals surface area contributed by atoms with Crippen LogP contribution in [0.1, 0.15) is 32.1 Å². The van der Waals surface area contributed by atoms with E-state index in [9.17, 15) is 0 Å². The van der Waals surface area contributed by atoms with Crippen LogP contribution in [0.5, 0.6) is 0 Å². The molecule has 2 aromatic heterocycles. The van der Waals surface area contributed by atoms with E-state index >= 15 is 0 Å². The number of thiophene rings is 1. The fourth-order valence-corrected chi connectivity index (χ4v) is 5.36. The van der Waals surface area contributed by atoms with Crippen LogP contribution in [-0.4, -0.2) is 15.2 Å². The first kappa shape index (κ1) is 14.2. The zero-order valence-electron chi connectivity index (χ0n) is 12.4. The molecule has 1 aliphatic carbocycles. The molecular formula is C18H18N2S2. The molecule has 112 valence electrons. The van der Waals surface area contributed by atoms with E-state index in [0.717, 1.165) is 15.1 Å². The van der Waals surface area contributed by atoms with Crippen molar-refractivity contribution in [1.82, 2.24) is 9.97 Å². The second-order valence-corrected chi connectivity index (χ2v) is 8.07. The van der Waals surface area contributed by atoms with E-state index in [2.05, 4.69) is 46.4 Å². The molecule has 22 heavy (non-hydrogen) atoms. The predicted octanol–water partition coefficient (Wildman–Crippen LogP) is 5.78. The van der Waals surface area contributed by atoms with Gasteiger partial charge in [-0.15, -0.1) is 23.1 Å². The number of fused-ring (bicyclic) bond motifs is 1. The summed E-state index contributed by atoms with van der Waals surface area (Å²) in [5, 5.41) is 3.11. The maximum Gasteiger partial charge on any atom is 0.128 e. The van der Waals surface area contributed by atoms with Crippen molar-refractivity contribution in [3.05, 3.63) is 42.7 Å². The van der Waals surface area contributed by atoms with Crippen LogP contribution >= 0.6 is 23.1 Å². The van der Waals surface area contributed by atoms with E-state index in [1.54, 1.807) is 17.7 Å². The molecule has 1 fully saturated rings. The summed E-state index contributed by atoms with van der Waals surface area (Å²) in [6, 6.07) is 12.8. The van der Waals surface area contributed by atoms with Crippen molar-refractivity contribution < 1.29 is 0 Å². The largest absolute Gasteiger partial charge is 0.229 e. The van der Waals surface area contributed by atoms with Crippen LogP contribution in [0, 0.1) is 0 Å². The van der Waals surface area contributed by atoms with E-state index in [1.165, 1.54) is 47.9 Å². The Morgan fingerprint density at radius 3 is 2.64 bits per heavy atom. The third-order valence-corrected chi connectivity index (χ3v) is 6.63. The minimum Gasteiger partial charge on any atom is -0.229 e. The lowest BCUT2D eigenvalue weighted by Crippen LogP contribution is -2.08. The van der Waals surface area contributed by atoms with Gasteiger partial charge in [0.2, 0.25) is 0 Å². The topological polar surface area (TPSA) is 25.8 Å². The number of rotatable bonds is 3. The Balaban J connectivity index is 1.69. The van der Waals surface area contributed by atoms with Gasteiger partial charge in [-0.2, -0.15) is 0 Å². The van der Waals surface area contributed by atoms with Gasteiger partial charge >= 0.3 is 0 Å². The molecule has 3 aromatic rings. The predicted molar refractivity (Wildman–Crippen MR) is 95.6 cm³/mol. The van der Waals surface area contributed by atoms with Gasteiger partial charge in [0.15, 0.2) is 0 Å². The van der Waals surface area contributed by atoms with Gasteiger partial charge in [0.25, 0.3) is 0 Å². The average Bonchev–Trinajstić information content (AvgIpc) is 3.02. The van der Waals surface area contributed by atoms with Crippen LogP contribution in [0.25, 0.3) is 20.7 Å². The molecule has 1 aliphatic rings. The standard InChI is InChI=1S/C18H18N2S2/c1-3-7-13(8-4-1)16-11-15-17(19-12-20-18(15)22-16)21-14-9-5-2-6-10-14/h1,3-4,7-8,11-12,14H,2,5-6,9-10H2. The first-order valence-corrected chi connectivity index (χ1v) is 9.56. The van der Waals surface area contributed by atoms with E-state index in [0.29, 0.717) is 0 Å². The summed E-state index contributed by atoms with van der Waals surface area (Å²) in [5.74, 6) is 0. The van der Waals surface area contributed by atoms with Crippen molar-refractivity contribution in [3.8, 4) is 10.4 Å². The maximum atomic E-state index is 4.57. The van der Waals surface area contributed by atoms with Gasteiger partial charge in [-0.05, 0) is 24.5 Å². The summed E-state index contributed by atoms with van der Waals surface area (Å²) in [6.45, 7) is 0. The van der Waals surface area contributed by atoms with Crippen molar-refractivity contribution in [2.75, 3.05) is 0 Å². The van der Waals surface area contributed by atoms with Gasteiger partial charge in [-0.3, -0.25) is 0 Å². The Hall–Kier alpha value is -1.39. The van der Waals surface area contributed by atoms with Crippen LogP contribution in [0.15, 0.2) is 47.8 Å². The Morgan fingerprint density at radius 2 is 1.82 bits per heavy atom. The molecule has 0 aliphatic heterocycles. The number of hydrogen-bond donors (Lipinski definition) is 0. The lowest BCUT2D eigenvalue weighted by molar-refractivity contribution is 0.516. The fourth-order valence-electron chi connectivity index (χ4n) is 3.01. The zero-order valence-corrected chi connectivity index (χ0v) is 14.0. The molecule has 1 aromatic carbocycles. The monoisotopic (exact) mass is 326 g/mol. The highest BCUT2D eigenvalue weighted by Gasteiger charge is 2.18. The van der Waals surface area contributed by atoms with E-state index in [1.807, 2.05) is 11.8 Å². The van der Waals surface area contributed by atoms with Crippen LogP contribution in [0.3, 0.4) is 0 Å². The van der Waals surface area contributed by atoms with Crippen molar-refractivity contribution in [1.29, 1.82) is 0 Å². The van der Waals surface area contributed by atoms with Gasteiger partial charge in [0, 0.05) is 15.5 Å². The fraction of sp³-hybridized carbons (Fsp3) is 0.333. The number of nitrogens with zero attached hydrogens (tertiary/aromatic N) is 2. The maximum absolute atomic E-state index is 4.57.